The first-order valence-electron chi connectivity index (χ1n) is 12.4. The van der Waals surface area contributed by atoms with Gasteiger partial charge in [0.15, 0.2) is 0 Å². The summed E-state index contributed by atoms with van der Waals surface area (Å²) >= 11 is 0. The average Bonchev–Trinajstić information content (AvgIpc) is 2.98. The molecular formula is C30H37B2NO2. The molecule has 0 saturated carbocycles. The number of hydrogen-bond donors (Lipinski definition) is 0. The zero-order chi connectivity index (χ0) is 25.8. The van der Waals surface area contributed by atoms with Gasteiger partial charge in [0.05, 0.1) is 16.9 Å². The van der Waals surface area contributed by atoms with Gasteiger partial charge in [-0.15, -0.1) is 0 Å². The fourth-order valence-corrected chi connectivity index (χ4v) is 4.53. The molecule has 0 bridgehead atoms. The molecule has 1 saturated heterocycles. The minimum Gasteiger partial charge on any atom is -0.399 e. The monoisotopic (exact) mass is 465 g/mol. The first-order chi connectivity index (χ1) is 16.2. The molecule has 0 atom stereocenters. The molecule has 0 spiro atoms. The molecular weight excluding hydrogens is 428 g/mol. The van der Waals surface area contributed by atoms with Gasteiger partial charge in [0.2, 0.25) is 0 Å². The lowest BCUT2D eigenvalue weighted by molar-refractivity contribution is 0.00578. The molecule has 0 amide bonds. The van der Waals surface area contributed by atoms with E-state index in [9.17, 15) is 0 Å². The Hall–Kier alpha value is -2.49. The Bertz CT molecular complexity index is 1170. The quantitative estimate of drug-likeness (QED) is 0.431. The molecule has 180 valence electrons. The maximum Gasteiger partial charge on any atom is 0.494 e. The van der Waals surface area contributed by atoms with E-state index in [1.807, 2.05) is 12.1 Å². The van der Waals surface area contributed by atoms with E-state index in [2.05, 4.69) is 116 Å². The van der Waals surface area contributed by atoms with Crippen LogP contribution < -0.4 is 15.8 Å². The van der Waals surface area contributed by atoms with Crippen LogP contribution in [0.4, 0.5) is 17.1 Å². The van der Waals surface area contributed by atoms with Crippen molar-refractivity contribution in [3.63, 3.8) is 0 Å². The number of benzene rings is 3. The van der Waals surface area contributed by atoms with Crippen molar-refractivity contribution in [1.29, 1.82) is 0 Å². The third kappa shape index (κ3) is 4.94. The van der Waals surface area contributed by atoms with Crippen LogP contribution in [0.3, 0.4) is 0 Å². The van der Waals surface area contributed by atoms with E-state index in [4.69, 9.17) is 17.2 Å². The Morgan fingerprint density at radius 2 is 1.17 bits per heavy atom. The molecule has 4 rings (SSSR count). The Morgan fingerprint density at radius 3 is 1.60 bits per heavy atom. The van der Waals surface area contributed by atoms with Crippen molar-refractivity contribution in [2.24, 2.45) is 0 Å². The van der Waals surface area contributed by atoms with Gasteiger partial charge in [0.1, 0.15) is 7.85 Å². The van der Waals surface area contributed by atoms with Gasteiger partial charge in [0.25, 0.3) is 0 Å². The molecule has 5 heteroatoms. The van der Waals surface area contributed by atoms with Crippen molar-refractivity contribution in [3.05, 3.63) is 77.4 Å². The minimum atomic E-state index is -0.381. The standard InChI is InChI=1S/C30H37B2NO2/c1-20-18-22(28(3,4)5)19-21(2)27(20)33(25-14-10-23(31)11-15-25)26-16-12-24(13-17-26)32-34-29(6,7)30(8,9)35-32/h10-19H,1-9H3. The summed E-state index contributed by atoms with van der Waals surface area (Å²) in [5.74, 6) is 0. The van der Waals surface area contributed by atoms with E-state index >= 15 is 0 Å². The highest BCUT2D eigenvalue weighted by Gasteiger charge is 2.51. The molecule has 0 N–H and O–H groups in total. The topological polar surface area (TPSA) is 21.7 Å². The van der Waals surface area contributed by atoms with Crippen molar-refractivity contribution in [1.82, 2.24) is 0 Å². The minimum absolute atomic E-state index is 0.0879. The van der Waals surface area contributed by atoms with Crippen LogP contribution in [0.2, 0.25) is 0 Å². The van der Waals surface area contributed by atoms with Gasteiger partial charge in [-0.1, -0.05) is 62.6 Å². The predicted octanol–water partition coefficient (Wildman–Crippen LogP) is 6.16. The number of rotatable bonds is 4. The van der Waals surface area contributed by atoms with Crippen LogP contribution in [0.1, 0.15) is 65.2 Å². The summed E-state index contributed by atoms with van der Waals surface area (Å²) in [7, 11) is 5.64. The predicted molar refractivity (Wildman–Crippen MR) is 150 cm³/mol. The van der Waals surface area contributed by atoms with E-state index < -0.39 is 0 Å². The molecule has 1 aliphatic heterocycles. The molecule has 0 aromatic heterocycles. The maximum atomic E-state index is 6.27. The summed E-state index contributed by atoms with van der Waals surface area (Å²) in [5.41, 5.74) is 8.26. The van der Waals surface area contributed by atoms with Crippen molar-refractivity contribution < 1.29 is 9.31 Å². The second-order valence-corrected chi connectivity index (χ2v) is 11.8. The lowest BCUT2D eigenvalue weighted by Gasteiger charge is -2.32. The van der Waals surface area contributed by atoms with Gasteiger partial charge in [0, 0.05) is 11.4 Å². The lowest BCUT2D eigenvalue weighted by atomic mass is 9.79. The smallest absolute Gasteiger partial charge is 0.399 e. The van der Waals surface area contributed by atoms with Gasteiger partial charge < -0.3 is 14.2 Å². The van der Waals surface area contributed by atoms with Crippen molar-refractivity contribution in [2.45, 2.75) is 78.9 Å². The fourth-order valence-electron chi connectivity index (χ4n) is 4.53. The molecule has 3 aromatic carbocycles. The molecule has 2 radical (unpaired) electrons. The van der Waals surface area contributed by atoms with Crippen LogP contribution in [0.5, 0.6) is 0 Å². The number of aryl methyl sites for hydroxylation is 2. The average molecular weight is 465 g/mol. The van der Waals surface area contributed by atoms with Crippen LogP contribution in [-0.4, -0.2) is 26.2 Å². The molecule has 0 aliphatic carbocycles. The summed E-state index contributed by atoms with van der Waals surface area (Å²) in [6, 6.07) is 21.2. The summed E-state index contributed by atoms with van der Waals surface area (Å²) in [6.45, 7) is 19.5. The van der Waals surface area contributed by atoms with Gasteiger partial charge in [-0.25, -0.2) is 0 Å². The second-order valence-electron chi connectivity index (χ2n) is 11.8. The third-order valence-corrected chi connectivity index (χ3v) is 7.41. The van der Waals surface area contributed by atoms with Crippen molar-refractivity contribution in [3.8, 4) is 0 Å². The van der Waals surface area contributed by atoms with Gasteiger partial charge in [-0.05, 0) is 93.4 Å². The molecule has 0 unspecified atom stereocenters. The molecule has 35 heavy (non-hydrogen) atoms. The first-order valence-corrected chi connectivity index (χ1v) is 12.4. The van der Waals surface area contributed by atoms with Crippen molar-refractivity contribution >= 4 is 43.0 Å². The van der Waals surface area contributed by atoms with E-state index in [-0.39, 0.29) is 23.7 Å². The SMILES string of the molecule is [B]c1ccc(N(c2ccc(B3OC(C)(C)C(C)(C)O3)cc2)c2c(C)cc(C(C)(C)C)cc2C)cc1. The third-order valence-electron chi connectivity index (χ3n) is 7.41. The zero-order valence-electron chi connectivity index (χ0n) is 22.7. The molecule has 3 nitrogen and oxygen atoms in total. The van der Waals surface area contributed by atoms with Crippen LogP contribution in [-0.2, 0) is 14.7 Å². The van der Waals surface area contributed by atoms with E-state index in [1.165, 1.54) is 22.4 Å². The van der Waals surface area contributed by atoms with E-state index in [1.54, 1.807) is 0 Å². The second kappa shape index (κ2) is 8.87. The van der Waals surface area contributed by atoms with Crippen LogP contribution in [0, 0.1) is 13.8 Å². The summed E-state index contributed by atoms with van der Waals surface area (Å²) < 4.78 is 12.5. The molecule has 3 aromatic rings. The van der Waals surface area contributed by atoms with Crippen molar-refractivity contribution in [2.75, 3.05) is 4.90 Å². The Kier molecular flexibility index (Phi) is 6.49. The maximum absolute atomic E-state index is 6.27. The largest absolute Gasteiger partial charge is 0.494 e. The highest BCUT2D eigenvalue weighted by Crippen LogP contribution is 2.41. The fraction of sp³-hybridized carbons (Fsp3) is 0.400. The van der Waals surface area contributed by atoms with E-state index in [0.29, 0.717) is 0 Å². The number of nitrogens with zero attached hydrogens (tertiary/aromatic N) is 1. The van der Waals surface area contributed by atoms with E-state index in [0.717, 1.165) is 22.3 Å². The number of hydrogen-bond acceptors (Lipinski definition) is 3. The summed E-state index contributed by atoms with van der Waals surface area (Å²) in [5, 5.41) is 0. The lowest BCUT2D eigenvalue weighted by Crippen LogP contribution is -2.41. The summed E-state index contributed by atoms with van der Waals surface area (Å²) in [6.07, 6.45) is 0. The Morgan fingerprint density at radius 1 is 0.743 bits per heavy atom. The normalized spacial score (nSPS) is 17.0. The summed E-state index contributed by atoms with van der Waals surface area (Å²) in [4.78, 5) is 2.31. The molecule has 1 aliphatic rings. The zero-order valence-corrected chi connectivity index (χ0v) is 22.7. The number of anilines is 3. The molecule has 1 heterocycles. The first kappa shape index (κ1) is 25.6. The van der Waals surface area contributed by atoms with Crippen LogP contribution in [0.25, 0.3) is 0 Å². The van der Waals surface area contributed by atoms with Crippen LogP contribution in [0.15, 0.2) is 60.7 Å². The Balaban J connectivity index is 1.78. The van der Waals surface area contributed by atoms with Gasteiger partial charge in [-0.3, -0.25) is 0 Å². The Labute approximate surface area is 213 Å². The van der Waals surface area contributed by atoms with Crippen LogP contribution >= 0.6 is 0 Å². The highest BCUT2D eigenvalue weighted by molar-refractivity contribution is 6.62. The van der Waals surface area contributed by atoms with Gasteiger partial charge in [-0.2, -0.15) is 0 Å². The molecule has 1 fully saturated rings. The van der Waals surface area contributed by atoms with Gasteiger partial charge >= 0.3 is 7.12 Å². The highest BCUT2D eigenvalue weighted by atomic mass is 16.7.